The molecular formula is C19H22N4O2. The van der Waals surface area contributed by atoms with Gasteiger partial charge in [-0.3, -0.25) is 4.79 Å². The lowest BCUT2D eigenvalue weighted by molar-refractivity contribution is -0.122. The summed E-state index contributed by atoms with van der Waals surface area (Å²) in [7, 11) is 0. The lowest BCUT2D eigenvalue weighted by Crippen LogP contribution is -2.39. The molecule has 0 spiro atoms. The fraction of sp³-hybridized carbons (Fsp3) is 0.421. The van der Waals surface area contributed by atoms with E-state index in [1.165, 1.54) is 5.56 Å². The van der Waals surface area contributed by atoms with Crippen molar-refractivity contribution in [2.24, 2.45) is 11.7 Å². The molecule has 2 aliphatic rings. The second-order valence-electron chi connectivity index (χ2n) is 6.68. The molecule has 130 valence electrons. The lowest BCUT2D eigenvalue weighted by Gasteiger charge is -2.30. The molecule has 0 saturated carbocycles. The Morgan fingerprint density at radius 2 is 2.08 bits per heavy atom. The van der Waals surface area contributed by atoms with Crippen LogP contribution in [0.4, 0.5) is 5.95 Å². The minimum absolute atomic E-state index is 0.0303. The molecule has 1 saturated heterocycles. The standard InChI is InChI=1S/C19H22N4O2/c20-18(24)14-6-9-23(10-7-14)19-21-8-5-16(22-19)15-4-3-13-2-1-11-25-17(13)12-15/h3-5,8,12,14H,1-2,6-7,9-11H2,(H2,20,24). The minimum Gasteiger partial charge on any atom is -0.493 e. The van der Waals surface area contributed by atoms with E-state index in [1.807, 2.05) is 6.07 Å². The number of piperidine rings is 1. The van der Waals surface area contributed by atoms with Crippen LogP contribution in [-0.2, 0) is 11.2 Å². The van der Waals surface area contributed by atoms with Gasteiger partial charge in [-0.15, -0.1) is 0 Å². The second-order valence-corrected chi connectivity index (χ2v) is 6.68. The summed E-state index contributed by atoms with van der Waals surface area (Å²) in [6.07, 6.45) is 5.45. The number of hydrogen-bond acceptors (Lipinski definition) is 5. The summed E-state index contributed by atoms with van der Waals surface area (Å²) in [6.45, 7) is 2.29. The van der Waals surface area contributed by atoms with Gasteiger partial charge in [-0.25, -0.2) is 9.97 Å². The highest BCUT2D eigenvalue weighted by Gasteiger charge is 2.24. The summed E-state index contributed by atoms with van der Waals surface area (Å²) in [4.78, 5) is 22.6. The first kappa shape index (κ1) is 15.9. The Balaban J connectivity index is 1.55. The summed E-state index contributed by atoms with van der Waals surface area (Å²) in [6, 6.07) is 8.22. The zero-order valence-corrected chi connectivity index (χ0v) is 14.1. The van der Waals surface area contributed by atoms with Crippen LogP contribution < -0.4 is 15.4 Å². The Morgan fingerprint density at radius 1 is 1.24 bits per heavy atom. The number of amides is 1. The van der Waals surface area contributed by atoms with Crippen LogP contribution in [0, 0.1) is 5.92 Å². The Kier molecular flexibility index (Phi) is 4.26. The van der Waals surface area contributed by atoms with Crippen molar-refractivity contribution < 1.29 is 9.53 Å². The largest absolute Gasteiger partial charge is 0.493 e. The lowest BCUT2D eigenvalue weighted by atomic mass is 9.96. The highest BCUT2D eigenvalue weighted by molar-refractivity contribution is 5.77. The molecule has 2 aromatic rings. The van der Waals surface area contributed by atoms with Crippen LogP contribution in [-0.4, -0.2) is 35.6 Å². The predicted molar refractivity (Wildman–Crippen MR) is 95.4 cm³/mol. The number of fused-ring (bicyclic) bond motifs is 1. The number of anilines is 1. The molecule has 4 rings (SSSR count). The van der Waals surface area contributed by atoms with Crippen molar-refractivity contribution in [1.29, 1.82) is 0 Å². The molecule has 1 fully saturated rings. The summed E-state index contributed by atoms with van der Waals surface area (Å²) < 4.78 is 5.77. The van der Waals surface area contributed by atoms with Gasteiger partial charge < -0.3 is 15.4 Å². The number of aryl methyl sites for hydroxylation is 1. The monoisotopic (exact) mass is 338 g/mol. The molecule has 25 heavy (non-hydrogen) atoms. The van der Waals surface area contributed by atoms with Gasteiger partial charge in [-0.05, 0) is 43.4 Å². The third-order valence-corrected chi connectivity index (χ3v) is 5.03. The molecule has 0 unspecified atom stereocenters. The summed E-state index contributed by atoms with van der Waals surface area (Å²) in [5.41, 5.74) is 8.59. The Bertz CT molecular complexity index is 785. The maximum absolute atomic E-state index is 11.3. The molecule has 0 atom stereocenters. The average molecular weight is 338 g/mol. The SMILES string of the molecule is NC(=O)C1CCN(c2nccc(-c3ccc4c(c3)OCCC4)n2)CC1. The highest BCUT2D eigenvalue weighted by Crippen LogP contribution is 2.30. The number of ether oxygens (including phenoxy) is 1. The van der Waals surface area contributed by atoms with Crippen LogP contribution in [0.2, 0.25) is 0 Å². The normalized spacial score (nSPS) is 17.7. The first-order valence-electron chi connectivity index (χ1n) is 8.84. The van der Waals surface area contributed by atoms with Gasteiger partial charge in [0.1, 0.15) is 5.75 Å². The number of nitrogens with zero attached hydrogens (tertiary/aromatic N) is 3. The molecule has 0 bridgehead atoms. The molecule has 3 heterocycles. The van der Waals surface area contributed by atoms with Gasteiger partial charge in [0.25, 0.3) is 0 Å². The summed E-state index contributed by atoms with van der Waals surface area (Å²) in [5.74, 6) is 1.44. The molecule has 0 aliphatic carbocycles. The van der Waals surface area contributed by atoms with Crippen molar-refractivity contribution >= 4 is 11.9 Å². The fourth-order valence-corrected chi connectivity index (χ4v) is 3.53. The molecule has 0 radical (unpaired) electrons. The zero-order chi connectivity index (χ0) is 17.2. The van der Waals surface area contributed by atoms with Crippen molar-refractivity contribution in [2.75, 3.05) is 24.6 Å². The van der Waals surface area contributed by atoms with E-state index in [0.717, 1.165) is 62.4 Å². The highest BCUT2D eigenvalue weighted by atomic mass is 16.5. The van der Waals surface area contributed by atoms with Crippen LogP contribution >= 0.6 is 0 Å². The van der Waals surface area contributed by atoms with E-state index in [0.29, 0.717) is 5.95 Å². The van der Waals surface area contributed by atoms with Crippen LogP contribution in [0.15, 0.2) is 30.5 Å². The number of hydrogen-bond donors (Lipinski definition) is 1. The fourth-order valence-electron chi connectivity index (χ4n) is 3.53. The van der Waals surface area contributed by atoms with Gasteiger partial charge in [-0.1, -0.05) is 12.1 Å². The van der Waals surface area contributed by atoms with Crippen LogP contribution in [0.3, 0.4) is 0 Å². The summed E-state index contributed by atoms with van der Waals surface area (Å²) in [5, 5.41) is 0. The molecular weight excluding hydrogens is 316 g/mol. The number of benzene rings is 1. The van der Waals surface area contributed by atoms with Gasteiger partial charge in [0.15, 0.2) is 0 Å². The molecule has 1 aromatic carbocycles. The second kappa shape index (κ2) is 6.70. The van der Waals surface area contributed by atoms with Crippen LogP contribution in [0.1, 0.15) is 24.8 Å². The first-order valence-corrected chi connectivity index (χ1v) is 8.84. The first-order chi connectivity index (χ1) is 12.2. The van der Waals surface area contributed by atoms with Gasteiger partial charge in [0.2, 0.25) is 11.9 Å². The van der Waals surface area contributed by atoms with E-state index in [-0.39, 0.29) is 11.8 Å². The van der Waals surface area contributed by atoms with Crippen LogP contribution in [0.25, 0.3) is 11.3 Å². The Morgan fingerprint density at radius 3 is 2.88 bits per heavy atom. The van der Waals surface area contributed by atoms with E-state index in [4.69, 9.17) is 15.5 Å². The number of aromatic nitrogens is 2. The maximum Gasteiger partial charge on any atom is 0.225 e. The Hall–Kier alpha value is -2.63. The third-order valence-electron chi connectivity index (χ3n) is 5.03. The molecule has 2 N–H and O–H groups in total. The number of carbonyl (C=O) groups excluding carboxylic acids is 1. The zero-order valence-electron chi connectivity index (χ0n) is 14.1. The molecule has 2 aliphatic heterocycles. The van der Waals surface area contributed by atoms with Crippen molar-refractivity contribution in [1.82, 2.24) is 9.97 Å². The number of carbonyl (C=O) groups is 1. The Labute approximate surface area is 147 Å². The van der Waals surface area contributed by atoms with Crippen molar-refractivity contribution in [3.8, 4) is 17.0 Å². The van der Waals surface area contributed by atoms with Crippen molar-refractivity contribution in [2.45, 2.75) is 25.7 Å². The van der Waals surface area contributed by atoms with E-state index in [2.05, 4.69) is 28.1 Å². The smallest absolute Gasteiger partial charge is 0.225 e. The average Bonchev–Trinajstić information content (AvgIpc) is 2.68. The minimum atomic E-state index is -0.205. The van der Waals surface area contributed by atoms with E-state index >= 15 is 0 Å². The quantitative estimate of drug-likeness (QED) is 0.927. The van der Waals surface area contributed by atoms with Gasteiger partial charge >= 0.3 is 0 Å². The van der Waals surface area contributed by atoms with Crippen LogP contribution in [0.5, 0.6) is 5.75 Å². The van der Waals surface area contributed by atoms with E-state index in [9.17, 15) is 4.79 Å². The molecule has 1 amide bonds. The number of primary amides is 1. The molecule has 6 heteroatoms. The maximum atomic E-state index is 11.3. The number of nitrogens with two attached hydrogens (primary N) is 1. The van der Waals surface area contributed by atoms with Gasteiger partial charge in [0.05, 0.1) is 12.3 Å². The molecule has 6 nitrogen and oxygen atoms in total. The van der Waals surface area contributed by atoms with E-state index < -0.39 is 0 Å². The van der Waals surface area contributed by atoms with Gasteiger partial charge in [-0.2, -0.15) is 0 Å². The topological polar surface area (TPSA) is 81.3 Å². The van der Waals surface area contributed by atoms with Gasteiger partial charge in [0, 0.05) is 30.8 Å². The van der Waals surface area contributed by atoms with E-state index in [1.54, 1.807) is 6.20 Å². The predicted octanol–water partition coefficient (Wildman–Crippen LogP) is 2.17. The van der Waals surface area contributed by atoms with Crippen molar-refractivity contribution in [3.05, 3.63) is 36.0 Å². The summed E-state index contributed by atoms with van der Waals surface area (Å²) >= 11 is 0. The molecule has 1 aromatic heterocycles. The van der Waals surface area contributed by atoms with Crippen molar-refractivity contribution in [3.63, 3.8) is 0 Å². The number of rotatable bonds is 3. The third kappa shape index (κ3) is 3.29.